The van der Waals surface area contributed by atoms with E-state index in [4.69, 9.17) is 4.74 Å². The summed E-state index contributed by atoms with van der Waals surface area (Å²) < 4.78 is 7.98. The molecule has 0 N–H and O–H groups in total. The highest BCUT2D eigenvalue weighted by Crippen LogP contribution is 2.14. The van der Waals surface area contributed by atoms with Crippen LogP contribution in [0.3, 0.4) is 0 Å². The zero-order valence-corrected chi connectivity index (χ0v) is 13.6. The Balaban J connectivity index is 2.15. The molecule has 0 radical (unpaired) electrons. The van der Waals surface area contributed by atoms with Gasteiger partial charge < -0.3 is 9.64 Å². The lowest BCUT2D eigenvalue weighted by Gasteiger charge is -2.12. The molecule has 0 saturated carbocycles. The third-order valence-electron chi connectivity index (χ3n) is 3.52. The van der Waals surface area contributed by atoms with Gasteiger partial charge in [0.15, 0.2) is 0 Å². The summed E-state index contributed by atoms with van der Waals surface area (Å²) >= 11 is 0. The molecule has 0 aliphatic rings. The minimum atomic E-state index is -0.400. The van der Waals surface area contributed by atoms with Crippen LogP contribution in [0.25, 0.3) is 0 Å². The molecule has 0 unspecified atom stereocenters. The number of carbonyl (C=O) groups excluding carboxylic acids is 1. The number of hydrogen-bond donors (Lipinski definition) is 0. The molecular formula is C16H19N3O4. The van der Waals surface area contributed by atoms with Gasteiger partial charge in [0.1, 0.15) is 12.4 Å². The fraction of sp³-hybridized carbons (Fsp3) is 0.312. The van der Waals surface area contributed by atoms with Crippen LogP contribution in [0, 0.1) is 0 Å². The van der Waals surface area contributed by atoms with Crippen molar-refractivity contribution in [1.82, 2.24) is 14.0 Å². The van der Waals surface area contributed by atoms with Crippen LogP contribution in [0.5, 0.6) is 5.75 Å². The maximum atomic E-state index is 11.8. The van der Waals surface area contributed by atoms with Crippen molar-refractivity contribution in [2.75, 3.05) is 14.1 Å². The third kappa shape index (κ3) is 3.50. The first-order chi connectivity index (χ1) is 10.8. The molecule has 1 heterocycles. The Labute approximate surface area is 133 Å². The monoisotopic (exact) mass is 317 g/mol. The molecule has 2 aromatic rings. The van der Waals surface area contributed by atoms with E-state index in [0.29, 0.717) is 17.0 Å². The summed E-state index contributed by atoms with van der Waals surface area (Å²) in [5.41, 5.74) is 0.261. The number of carbonyl (C=O) groups is 1. The van der Waals surface area contributed by atoms with Crippen molar-refractivity contribution < 1.29 is 9.53 Å². The summed E-state index contributed by atoms with van der Waals surface area (Å²) in [5, 5.41) is 0. The smallest absolute Gasteiger partial charge is 0.330 e. The molecule has 0 atom stereocenters. The first-order valence-electron chi connectivity index (χ1n) is 7.01. The van der Waals surface area contributed by atoms with Gasteiger partial charge in [0.25, 0.3) is 11.5 Å². The van der Waals surface area contributed by atoms with Crippen LogP contribution in [0.2, 0.25) is 0 Å². The highest BCUT2D eigenvalue weighted by molar-refractivity contribution is 5.93. The molecule has 7 nitrogen and oxygen atoms in total. The lowest BCUT2D eigenvalue weighted by Crippen LogP contribution is -2.38. The lowest BCUT2D eigenvalue weighted by molar-refractivity contribution is 0.0827. The Kier molecular flexibility index (Phi) is 4.68. The van der Waals surface area contributed by atoms with Crippen molar-refractivity contribution in [2.45, 2.75) is 6.61 Å². The minimum Gasteiger partial charge on any atom is -0.487 e. The van der Waals surface area contributed by atoms with E-state index in [0.717, 1.165) is 4.57 Å². The number of rotatable bonds is 4. The molecule has 122 valence electrons. The zero-order chi connectivity index (χ0) is 17.1. The molecule has 2 rings (SSSR count). The Morgan fingerprint density at radius 3 is 2.26 bits per heavy atom. The molecule has 0 saturated heterocycles. The van der Waals surface area contributed by atoms with Crippen LogP contribution >= 0.6 is 0 Å². The molecule has 1 aromatic carbocycles. The quantitative estimate of drug-likeness (QED) is 0.816. The van der Waals surface area contributed by atoms with Crippen LogP contribution in [0.1, 0.15) is 16.1 Å². The second-order valence-corrected chi connectivity index (χ2v) is 5.39. The molecule has 0 aliphatic carbocycles. The molecule has 0 spiro atoms. The van der Waals surface area contributed by atoms with Crippen molar-refractivity contribution in [1.29, 1.82) is 0 Å². The molecule has 1 aromatic heterocycles. The van der Waals surface area contributed by atoms with Gasteiger partial charge in [-0.1, -0.05) is 0 Å². The van der Waals surface area contributed by atoms with Crippen LogP contribution in [0.15, 0.2) is 39.9 Å². The predicted molar refractivity (Wildman–Crippen MR) is 85.7 cm³/mol. The molecule has 0 fully saturated rings. The van der Waals surface area contributed by atoms with Crippen LogP contribution in [-0.4, -0.2) is 34.0 Å². The number of ether oxygens (including phenoxy) is 1. The van der Waals surface area contributed by atoms with E-state index in [9.17, 15) is 14.4 Å². The van der Waals surface area contributed by atoms with E-state index >= 15 is 0 Å². The lowest BCUT2D eigenvalue weighted by atomic mass is 10.2. The van der Waals surface area contributed by atoms with Gasteiger partial charge in [-0.15, -0.1) is 0 Å². The van der Waals surface area contributed by atoms with E-state index in [1.165, 1.54) is 22.6 Å². The summed E-state index contributed by atoms with van der Waals surface area (Å²) in [6.45, 7) is 0.0861. The van der Waals surface area contributed by atoms with Crippen molar-refractivity contribution in [3.63, 3.8) is 0 Å². The third-order valence-corrected chi connectivity index (χ3v) is 3.52. The van der Waals surface area contributed by atoms with Gasteiger partial charge in [0, 0.05) is 39.8 Å². The average Bonchev–Trinajstić information content (AvgIpc) is 2.54. The fourth-order valence-corrected chi connectivity index (χ4v) is 2.03. The topological polar surface area (TPSA) is 73.5 Å². The van der Waals surface area contributed by atoms with Gasteiger partial charge in [0.05, 0.1) is 5.69 Å². The molecular weight excluding hydrogens is 298 g/mol. The van der Waals surface area contributed by atoms with Crippen molar-refractivity contribution in [3.8, 4) is 5.75 Å². The summed E-state index contributed by atoms with van der Waals surface area (Å²) in [6, 6.07) is 8.05. The van der Waals surface area contributed by atoms with E-state index in [2.05, 4.69) is 0 Å². The first-order valence-corrected chi connectivity index (χ1v) is 7.01. The van der Waals surface area contributed by atoms with Crippen molar-refractivity contribution in [2.24, 2.45) is 14.1 Å². The van der Waals surface area contributed by atoms with Gasteiger partial charge in [-0.2, -0.15) is 0 Å². The largest absolute Gasteiger partial charge is 0.487 e. The predicted octanol–water partition coefficient (Wildman–Crippen LogP) is 0.365. The van der Waals surface area contributed by atoms with Gasteiger partial charge in [0.2, 0.25) is 0 Å². The Morgan fingerprint density at radius 2 is 1.70 bits per heavy atom. The molecule has 0 aliphatic heterocycles. The maximum Gasteiger partial charge on any atom is 0.330 e. The molecule has 7 heteroatoms. The second kappa shape index (κ2) is 6.51. The van der Waals surface area contributed by atoms with Crippen LogP contribution in [0.4, 0.5) is 0 Å². The average molecular weight is 317 g/mol. The van der Waals surface area contributed by atoms with Gasteiger partial charge in [-0.05, 0) is 24.3 Å². The Bertz CT molecular complexity index is 832. The van der Waals surface area contributed by atoms with E-state index in [-0.39, 0.29) is 18.1 Å². The maximum absolute atomic E-state index is 11.8. The van der Waals surface area contributed by atoms with E-state index in [1.807, 2.05) is 0 Å². The van der Waals surface area contributed by atoms with Crippen LogP contribution in [-0.2, 0) is 20.7 Å². The number of hydrogen-bond acceptors (Lipinski definition) is 4. The fourth-order valence-electron chi connectivity index (χ4n) is 2.03. The SMILES string of the molecule is CN(C)C(=O)c1ccc(OCc2cc(=O)n(C)c(=O)n2C)cc1. The van der Waals surface area contributed by atoms with Crippen molar-refractivity contribution in [3.05, 3.63) is 62.4 Å². The summed E-state index contributed by atoms with van der Waals surface area (Å²) in [5.74, 6) is 0.457. The van der Waals surface area contributed by atoms with Crippen molar-refractivity contribution >= 4 is 5.91 Å². The molecule has 23 heavy (non-hydrogen) atoms. The normalized spacial score (nSPS) is 10.4. The first kappa shape index (κ1) is 16.5. The second-order valence-electron chi connectivity index (χ2n) is 5.39. The highest BCUT2D eigenvalue weighted by Gasteiger charge is 2.09. The minimum absolute atomic E-state index is 0.0861. The van der Waals surface area contributed by atoms with Gasteiger partial charge >= 0.3 is 5.69 Å². The van der Waals surface area contributed by atoms with Crippen LogP contribution < -0.4 is 16.0 Å². The summed E-state index contributed by atoms with van der Waals surface area (Å²) in [4.78, 5) is 36.8. The molecule has 1 amide bonds. The van der Waals surface area contributed by atoms with E-state index < -0.39 is 5.69 Å². The summed E-state index contributed by atoms with van der Waals surface area (Å²) in [6.07, 6.45) is 0. The standard InChI is InChI=1S/C16H19N3O4/c1-17(2)15(21)11-5-7-13(8-6-11)23-10-12-9-14(20)19(4)16(22)18(12)3/h5-9H,10H2,1-4H3. The van der Waals surface area contributed by atoms with E-state index in [1.54, 1.807) is 45.4 Å². The molecule has 0 bridgehead atoms. The summed E-state index contributed by atoms with van der Waals surface area (Å²) in [7, 11) is 6.38. The number of aromatic nitrogens is 2. The number of nitrogens with zero attached hydrogens (tertiary/aromatic N) is 3. The van der Waals surface area contributed by atoms with Gasteiger partial charge in [-0.3, -0.25) is 18.7 Å². The highest BCUT2D eigenvalue weighted by atomic mass is 16.5. The Hall–Kier alpha value is -2.83. The number of amides is 1. The van der Waals surface area contributed by atoms with Gasteiger partial charge in [-0.25, -0.2) is 4.79 Å². The zero-order valence-electron chi connectivity index (χ0n) is 13.6. The Morgan fingerprint density at radius 1 is 1.09 bits per heavy atom. The number of benzene rings is 1.